The molecule has 0 aromatic heterocycles. The zero-order chi connectivity index (χ0) is 14.7. The van der Waals surface area contributed by atoms with Gasteiger partial charge in [0.2, 0.25) is 0 Å². The van der Waals surface area contributed by atoms with Gasteiger partial charge in [-0.3, -0.25) is 9.48 Å². The van der Waals surface area contributed by atoms with E-state index >= 15 is 0 Å². The van der Waals surface area contributed by atoms with E-state index in [9.17, 15) is 25.2 Å². The first-order valence-corrected chi connectivity index (χ1v) is 6.64. The van der Waals surface area contributed by atoms with Crippen molar-refractivity contribution >= 4 is 13.8 Å². The molecular formula is C6H12F6N5P. The van der Waals surface area contributed by atoms with Gasteiger partial charge in [-0.2, -0.15) is 0 Å². The van der Waals surface area contributed by atoms with Gasteiger partial charge in [-0.1, -0.05) is 0 Å². The molecule has 0 bridgehead atoms. The standard InChI is InChI=1S/C6H12N5.F6P/c1-10-4-3-5-11(2)6(10)8-9-7;1-7(2,3,4,5)6/h3-5H2,1-2H3;/q+1;-1. The van der Waals surface area contributed by atoms with Crippen LogP contribution in [0.2, 0.25) is 0 Å². The minimum absolute atomic E-state index is 0.721. The van der Waals surface area contributed by atoms with Crippen LogP contribution in [0.3, 0.4) is 0 Å². The fourth-order valence-electron chi connectivity index (χ4n) is 1.23. The van der Waals surface area contributed by atoms with E-state index in [1.165, 1.54) is 0 Å². The molecule has 0 radical (unpaired) electrons. The molecule has 1 aliphatic heterocycles. The monoisotopic (exact) mass is 299 g/mol. The van der Waals surface area contributed by atoms with Gasteiger partial charge in [0.15, 0.2) is 0 Å². The first-order chi connectivity index (χ1) is 7.70. The van der Waals surface area contributed by atoms with Gasteiger partial charge in [0.05, 0.1) is 27.2 Å². The van der Waals surface area contributed by atoms with Crippen LogP contribution in [-0.4, -0.2) is 42.6 Å². The van der Waals surface area contributed by atoms with Gasteiger partial charge in [-0.15, -0.1) is 0 Å². The van der Waals surface area contributed by atoms with Crippen molar-refractivity contribution in [2.24, 2.45) is 5.11 Å². The molecule has 1 heterocycles. The molecule has 108 valence electrons. The fourth-order valence-corrected chi connectivity index (χ4v) is 1.23. The van der Waals surface area contributed by atoms with E-state index in [1.807, 2.05) is 23.6 Å². The number of rotatable bonds is 0. The maximum atomic E-state index is 9.87. The maximum absolute atomic E-state index is 10.7. The molecule has 0 atom stereocenters. The van der Waals surface area contributed by atoms with Crippen LogP contribution in [0.15, 0.2) is 5.11 Å². The molecule has 18 heavy (non-hydrogen) atoms. The predicted octanol–water partition coefficient (Wildman–Crippen LogP) is 4.01. The number of nitrogens with zero attached hydrogens (tertiary/aromatic N) is 5. The van der Waals surface area contributed by atoms with E-state index in [0.717, 1.165) is 25.5 Å². The molecule has 0 amide bonds. The van der Waals surface area contributed by atoms with Crippen molar-refractivity contribution in [1.82, 2.24) is 4.90 Å². The van der Waals surface area contributed by atoms with Crippen LogP contribution < -0.4 is 0 Å². The number of azide groups is 1. The third kappa shape index (κ3) is 11.3. The fraction of sp³-hybridized carbons (Fsp3) is 0.833. The Morgan fingerprint density at radius 3 is 2.06 bits per heavy atom. The molecule has 0 N–H and O–H groups in total. The summed E-state index contributed by atoms with van der Waals surface area (Å²) < 4.78 is 61.2. The molecule has 1 rings (SSSR count). The predicted molar refractivity (Wildman–Crippen MR) is 56.0 cm³/mol. The van der Waals surface area contributed by atoms with Crippen LogP contribution in [0, 0.1) is 0 Å². The summed E-state index contributed by atoms with van der Waals surface area (Å²) in [5.41, 5.74) is 8.24. The number of hydrogen-bond donors (Lipinski definition) is 0. The van der Waals surface area contributed by atoms with Crippen molar-refractivity contribution in [3.05, 3.63) is 10.4 Å². The van der Waals surface area contributed by atoms with Crippen LogP contribution >= 0.6 is 7.81 Å². The van der Waals surface area contributed by atoms with E-state index in [4.69, 9.17) is 5.53 Å². The molecule has 0 saturated heterocycles. The Morgan fingerprint density at radius 2 is 1.72 bits per heavy atom. The zero-order valence-corrected chi connectivity index (χ0v) is 10.5. The van der Waals surface area contributed by atoms with Crippen molar-refractivity contribution in [2.75, 3.05) is 27.2 Å². The second-order valence-electron chi connectivity index (χ2n) is 3.64. The van der Waals surface area contributed by atoms with E-state index < -0.39 is 7.81 Å². The summed E-state index contributed by atoms with van der Waals surface area (Å²) in [7, 11) is -6.80. The molecule has 0 spiro atoms. The molecule has 0 unspecified atom stereocenters. The molecule has 5 nitrogen and oxygen atoms in total. The van der Waals surface area contributed by atoms with Crippen LogP contribution in [-0.2, 0) is 0 Å². The second kappa shape index (κ2) is 4.47. The molecule has 1 aliphatic rings. The van der Waals surface area contributed by atoms with Crippen molar-refractivity contribution < 1.29 is 29.8 Å². The number of guanidine groups is 1. The van der Waals surface area contributed by atoms with Gasteiger partial charge in [-0.25, -0.2) is 0 Å². The van der Waals surface area contributed by atoms with Crippen molar-refractivity contribution in [3.63, 3.8) is 0 Å². The van der Waals surface area contributed by atoms with Gasteiger partial charge in [0, 0.05) is 16.4 Å². The van der Waals surface area contributed by atoms with Gasteiger partial charge >= 0.3 is 33.0 Å². The zero-order valence-electron chi connectivity index (χ0n) is 9.57. The molecule has 0 aromatic rings. The summed E-state index contributed by atoms with van der Waals surface area (Å²) in [5.74, 6) is 0.721. The Kier molecular flexibility index (Phi) is 4.17. The third-order valence-corrected chi connectivity index (χ3v) is 1.80. The second-order valence-corrected chi connectivity index (χ2v) is 5.56. The van der Waals surface area contributed by atoms with Crippen molar-refractivity contribution in [2.45, 2.75) is 6.42 Å². The van der Waals surface area contributed by atoms with E-state index in [-0.39, 0.29) is 0 Å². The Balaban J connectivity index is 0.000000360. The normalized spacial score (nSPS) is 20.1. The minimum atomic E-state index is -10.7. The van der Waals surface area contributed by atoms with Crippen LogP contribution in [0.1, 0.15) is 6.42 Å². The topological polar surface area (TPSA) is 55.0 Å². The van der Waals surface area contributed by atoms with Gasteiger partial charge in [-0.05, 0) is 5.53 Å². The number of halogens is 6. The Labute approximate surface area is 98.5 Å². The third-order valence-electron chi connectivity index (χ3n) is 1.80. The molecule has 0 aliphatic carbocycles. The van der Waals surface area contributed by atoms with Gasteiger partial charge in [0.1, 0.15) is 0 Å². The summed E-state index contributed by atoms with van der Waals surface area (Å²) >= 11 is 0. The summed E-state index contributed by atoms with van der Waals surface area (Å²) in [4.78, 5) is 4.73. The Bertz CT molecular complexity index is 382. The Hall–Kier alpha value is -1.21. The molecule has 12 heteroatoms. The first-order valence-electron chi connectivity index (χ1n) is 4.61. The van der Waals surface area contributed by atoms with Crippen LogP contribution in [0.25, 0.3) is 10.4 Å². The summed E-state index contributed by atoms with van der Waals surface area (Å²) in [6, 6.07) is 0. The van der Waals surface area contributed by atoms with E-state index in [2.05, 4.69) is 10.0 Å². The van der Waals surface area contributed by atoms with E-state index in [1.54, 1.807) is 0 Å². The SMILES string of the molecule is CN1CCC[N+](C)=C1N=[N+]=[N-].F[P-](F)(F)(F)(F)F. The first kappa shape index (κ1) is 16.8. The molecule has 0 aromatic carbocycles. The summed E-state index contributed by atoms with van der Waals surface area (Å²) in [5, 5.41) is 3.59. The van der Waals surface area contributed by atoms with Crippen LogP contribution in [0.5, 0.6) is 0 Å². The van der Waals surface area contributed by atoms with Crippen molar-refractivity contribution in [1.29, 1.82) is 0 Å². The van der Waals surface area contributed by atoms with Gasteiger partial charge in [0.25, 0.3) is 5.96 Å². The van der Waals surface area contributed by atoms with Crippen LogP contribution in [0.4, 0.5) is 25.2 Å². The molecular weight excluding hydrogens is 287 g/mol. The summed E-state index contributed by atoms with van der Waals surface area (Å²) in [6.45, 7) is 1.94. The quantitative estimate of drug-likeness (QED) is 0.166. The van der Waals surface area contributed by atoms with Gasteiger partial charge < -0.3 is 0 Å². The number of hydrogen-bond acceptors (Lipinski definition) is 2. The summed E-state index contributed by atoms with van der Waals surface area (Å²) in [6.07, 6.45) is 1.12. The average Bonchev–Trinajstić information content (AvgIpc) is 2.06. The van der Waals surface area contributed by atoms with Crippen molar-refractivity contribution in [3.8, 4) is 0 Å². The molecule has 0 fully saturated rings. The average molecular weight is 299 g/mol. The Morgan fingerprint density at radius 1 is 1.28 bits per heavy atom. The molecule has 0 saturated carbocycles. The van der Waals surface area contributed by atoms with E-state index in [0.29, 0.717) is 0 Å².